The van der Waals surface area contributed by atoms with Gasteiger partial charge in [-0.05, 0) is 68.7 Å². The third kappa shape index (κ3) is 5.23. The first-order valence-corrected chi connectivity index (χ1v) is 7.57. The highest BCUT2D eigenvalue weighted by Gasteiger charge is 2.06. The van der Waals surface area contributed by atoms with Crippen LogP contribution in [0.1, 0.15) is 56.2 Å². The highest BCUT2D eigenvalue weighted by molar-refractivity contribution is 5.41. The van der Waals surface area contributed by atoms with E-state index in [1.54, 1.807) is 0 Å². The van der Waals surface area contributed by atoms with E-state index in [4.69, 9.17) is 10.5 Å². The number of hydrogen-bond acceptors (Lipinski definition) is 2. The van der Waals surface area contributed by atoms with Gasteiger partial charge in [-0.25, -0.2) is 0 Å². The summed E-state index contributed by atoms with van der Waals surface area (Å²) in [5.74, 6) is 1.04. The summed E-state index contributed by atoms with van der Waals surface area (Å²) in [5.41, 5.74) is 9.98. The Balaban J connectivity index is 2.62. The van der Waals surface area contributed by atoms with E-state index in [1.807, 2.05) is 0 Å². The fourth-order valence-electron chi connectivity index (χ4n) is 2.25. The van der Waals surface area contributed by atoms with Crippen molar-refractivity contribution >= 4 is 0 Å². The number of aryl methyl sites for hydroxylation is 3. The maximum atomic E-state index is 5.96. The summed E-state index contributed by atoms with van der Waals surface area (Å²) in [6.45, 7) is 9.39. The zero-order chi connectivity index (χ0) is 14.3. The van der Waals surface area contributed by atoms with E-state index < -0.39 is 0 Å². The minimum absolute atomic E-state index is 0.355. The predicted octanol–water partition coefficient (Wildman–Crippen LogP) is 4.15. The second-order valence-electron chi connectivity index (χ2n) is 5.45. The van der Waals surface area contributed by atoms with Gasteiger partial charge < -0.3 is 10.5 Å². The molecule has 19 heavy (non-hydrogen) atoms. The Morgan fingerprint density at radius 2 is 1.89 bits per heavy atom. The molecule has 0 bridgehead atoms. The molecule has 1 unspecified atom stereocenters. The van der Waals surface area contributed by atoms with Crippen LogP contribution >= 0.6 is 0 Å². The molecule has 108 valence electrons. The molecule has 1 atom stereocenters. The highest BCUT2D eigenvalue weighted by Crippen LogP contribution is 2.24. The van der Waals surface area contributed by atoms with E-state index in [1.165, 1.54) is 23.1 Å². The van der Waals surface area contributed by atoms with Crippen LogP contribution in [0.15, 0.2) is 12.1 Å². The summed E-state index contributed by atoms with van der Waals surface area (Å²) in [7, 11) is 0. The summed E-state index contributed by atoms with van der Waals surface area (Å²) >= 11 is 0. The summed E-state index contributed by atoms with van der Waals surface area (Å²) in [5, 5.41) is 0. The third-order valence-corrected chi connectivity index (χ3v) is 3.64. The number of hydrogen-bond donors (Lipinski definition) is 1. The summed E-state index contributed by atoms with van der Waals surface area (Å²) in [6.07, 6.45) is 5.53. The van der Waals surface area contributed by atoms with Crippen LogP contribution in [-0.4, -0.2) is 12.6 Å². The lowest BCUT2D eigenvalue weighted by molar-refractivity contribution is 0.315. The lowest BCUT2D eigenvalue weighted by atomic mass is 9.98. The van der Waals surface area contributed by atoms with Crippen molar-refractivity contribution in [3.8, 4) is 5.75 Å². The van der Waals surface area contributed by atoms with E-state index >= 15 is 0 Å². The summed E-state index contributed by atoms with van der Waals surface area (Å²) < 4.78 is 5.76. The molecule has 2 N–H and O–H groups in total. The standard InChI is InChI=1S/C17H29NO/c1-5-10-19-17-12-13(3)15(11-14(17)4)8-7-9-16(18)6-2/h11-12,16H,5-10,18H2,1-4H3. The predicted molar refractivity (Wildman–Crippen MR) is 82.9 cm³/mol. The van der Waals surface area contributed by atoms with E-state index in [9.17, 15) is 0 Å². The minimum atomic E-state index is 0.355. The van der Waals surface area contributed by atoms with Gasteiger partial charge in [0.2, 0.25) is 0 Å². The lowest BCUT2D eigenvalue weighted by Crippen LogP contribution is -2.18. The van der Waals surface area contributed by atoms with Gasteiger partial charge in [0, 0.05) is 6.04 Å². The number of ether oxygens (including phenoxy) is 1. The molecular formula is C17H29NO. The molecular weight excluding hydrogens is 234 g/mol. The zero-order valence-corrected chi connectivity index (χ0v) is 13.0. The van der Waals surface area contributed by atoms with Crippen molar-refractivity contribution in [2.24, 2.45) is 5.73 Å². The van der Waals surface area contributed by atoms with E-state index in [0.717, 1.165) is 38.0 Å². The molecule has 0 aliphatic carbocycles. The lowest BCUT2D eigenvalue weighted by Gasteiger charge is -2.14. The van der Waals surface area contributed by atoms with Gasteiger partial charge in [-0.3, -0.25) is 0 Å². The van der Waals surface area contributed by atoms with Crippen molar-refractivity contribution in [3.63, 3.8) is 0 Å². The monoisotopic (exact) mass is 263 g/mol. The van der Waals surface area contributed by atoms with Crippen LogP contribution in [-0.2, 0) is 6.42 Å². The fourth-order valence-corrected chi connectivity index (χ4v) is 2.25. The van der Waals surface area contributed by atoms with Gasteiger partial charge in [-0.1, -0.05) is 19.9 Å². The topological polar surface area (TPSA) is 35.2 Å². The molecule has 0 aliphatic rings. The van der Waals surface area contributed by atoms with Gasteiger partial charge in [-0.2, -0.15) is 0 Å². The van der Waals surface area contributed by atoms with Crippen LogP contribution in [0.2, 0.25) is 0 Å². The quantitative estimate of drug-likeness (QED) is 0.764. The molecule has 0 aliphatic heterocycles. The maximum Gasteiger partial charge on any atom is 0.122 e. The number of nitrogens with two attached hydrogens (primary N) is 1. The Morgan fingerprint density at radius 1 is 1.16 bits per heavy atom. The Morgan fingerprint density at radius 3 is 2.53 bits per heavy atom. The van der Waals surface area contributed by atoms with Gasteiger partial charge >= 0.3 is 0 Å². The first kappa shape index (κ1) is 16.0. The average Bonchev–Trinajstić information content (AvgIpc) is 2.40. The molecule has 1 aromatic rings. The molecule has 2 heteroatoms. The third-order valence-electron chi connectivity index (χ3n) is 3.64. The Bertz CT molecular complexity index is 387. The van der Waals surface area contributed by atoms with Gasteiger partial charge in [0.15, 0.2) is 0 Å². The average molecular weight is 263 g/mol. The Labute approximate surface area is 118 Å². The smallest absolute Gasteiger partial charge is 0.122 e. The number of benzene rings is 1. The molecule has 0 spiro atoms. The first-order chi connectivity index (χ1) is 9.08. The van der Waals surface area contributed by atoms with Crippen molar-refractivity contribution in [1.82, 2.24) is 0 Å². The van der Waals surface area contributed by atoms with Crippen molar-refractivity contribution in [2.45, 2.75) is 65.8 Å². The molecule has 0 saturated carbocycles. The Hall–Kier alpha value is -1.02. The molecule has 0 aromatic heterocycles. The molecule has 0 amide bonds. The van der Waals surface area contributed by atoms with Crippen molar-refractivity contribution < 1.29 is 4.74 Å². The van der Waals surface area contributed by atoms with E-state index in [-0.39, 0.29) is 0 Å². The molecule has 1 aromatic carbocycles. The SMILES string of the molecule is CCCOc1cc(C)c(CCCC(N)CC)cc1C. The first-order valence-electron chi connectivity index (χ1n) is 7.57. The van der Waals surface area contributed by atoms with Gasteiger partial charge in [0.1, 0.15) is 5.75 Å². The summed E-state index contributed by atoms with van der Waals surface area (Å²) in [4.78, 5) is 0. The van der Waals surface area contributed by atoms with E-state index in [0.29, 0.717) is 6.04 Å². The second kappa shape index (κ2) is 8.21. The largest absolute Gasteiger partial charge is 0.493 e. The van der Waals surface area contributed by atoms with Crippen LogP contribution in [0.5, 0.6) is 5.75 Å². The van der Waals surface area contributed by atoms with Crippen LogP contribution in [0.3, 0.4) is 0 Å². The Kier molecular flexibility index (Phi) is 6.93. The van der Waals surface area contributed by atoms with Crippen molar-refractivity contribution in [2.75, 3.05) is 6.61 Å². The van der Waals surface area contributed by atoms with Gasteiger partial charge in [0.05, 0.1) is 6.61 Å². The second-order valence-corrected chi connectivity index (χ2v) is 5.45. The van der Waals surface area contributed by atoms with Gasteiger partial charge in [-0.15, -0.1) is 0 Å². The molecule has 0 radical (unpaired) electrons. The number of rotatable bonds is 8. The van der Waals surface area contributed by atoms with Crippen LogP contribution in [0.25, 0.3) is 0 Å². The molecule has 0 heterocycles. The maximum absolute atomic E-state index is 5.96. The van der Waals surface area contributed by atoms with Crippen LogP contribution < -0.4 is 10.5 Å². The van der Waals surface area contributed by atoms with Crippen LogP contribution in [0.4, 0.5) is 0 Å². The fraction of sp³-hybridized carbons (Fsp3) is 0.647. The van der Waals surface area contributed by atoms with E-state index in [2.05, 4.69) is 39.8 Å². The highest BCUT2D eigenvalue weighted by atomic mass is 16.5. The van der Waals surface area contributed by atoms with Gasteiger partial charge in [0.25, 0.3) is 0 Å². The molecule has 0 fully saturated rings. The van der Waals surface area contributed by atoms with Crippen molar-refractivity contribution in [3.05, 3.63) is 28.8 Å². The van der Waals surface area contributed by atoms with Crippen molar-refractivity contribution in [1.29, 1.82) is 0 Å². The normalized spacial score (nSPS) is 12.5. The summed E-state index contributed by atoms with van der Waals surface area (Å²) in [6, 6.07) is 4.81. The minimum Gasteiger partial charge on any atom is -0.493 e. The van der Waals surface area contributed by atoms with Crippen LogP contribution in [0, 0.1) is 13.8 Å². The molecule has 0 saturated heterocycles. The molecule has 1 rings (SSSR count). The zero-order valence-electron chi connectivity index (χ0n) is 13.0. The molecule has 2 nitrogen and oxygen atoms in total.